The van der Waals surface area contributed by atoms with Gasteiger partial charge in [-0.15, -0.1) is 0 Å². The number of rotatable bonds is 2. The highest BCUT2D eigenvalue weighted by Gasteiger charge is 2.22. The Morgan fingerprint density at radius 1 is 1.20 bits per heavy atom. The summed E-state index contributed by atoms with van der Waals surface area (Å²) in [5.74, 6) is -0.218. The largest absolute Gasteiger partial charge is 0.274 e. The smallest absolute Gasteiger partial charge is 0.237 e. The highest BCUT2D eigenvalue weighted by atomic mass is 32.2. The van der Waals surface area contributed by atoms with Gasteiger partial charge in [-0.3, -0.25) is 9.52 Å². The molecule has 0 aliphatic heterocycles. The second kappa shape index (κ2) is 4.57. The molecule has 4 heteroatoms. The molecule has 1 atom stereocenters. The number of carbonyl (C=O) groups excluding carboxylic acids is 1. The zero-order valence-corrected chi connectivity index (χ0v) is 9.93. The molecular weight excluding hydrogens is 210 g/mol. The van der Waals surface area contributed by atoms with Crippen LogP contribution in [0.15, 0.2) is 35.2 Å². The highest BCUT2D eigenvalue weighted by molar-refractivity contribution is 7.83. The highest BCUT2D eigenvalue weighted by Crippen LogP contribution is 2.13. The van der Waals surface area contributed by atoms with Crippen LogP contribution in [-0.4, -0.2) is 10.1 Å². The number of nitrogens with one attached hydrogen (secondary N) is 1. The second-order valence-electron chi connectivity index (χ2n) is 4.26. The van der Waals surface area contributed by atoms with E-state index in [4.69, 9.17) is 0 Å². The van der Waals surface area contributed by atoms with Gasteiger partial charge in [0.2, 0.25) is 5.91 Å². The Hall–Kier alpha value is -1.16. The standard InChI is InChI=1S/C11H15NO2S/c1-11(2,3)10(13)12-15(14)9-7-5-4-6-8-9/h4-8H,1-3H3,(H,12,13). The lowest BCUT2D eigenvalue weighted by molar-refractivity contribution is -0.126. The van der Waals surface area contributed by atoms with E-state index in [1.54, 1.807) is 45.0 Å². The molecule has 1 amide bonds. The van der Waals surface area contributed by atoms with Crippen LogP contribution in [0, 0.1) is 5.41 Å². The molecule has 0 fully saturated rings. The fourth-order valence-corrected chi connectivity index (χ4v) is 1.84. The van der Waals surface area contributed by atoms with Crippen molar-refractivity contribution in [2.24, 2.45) is 5.41 Å². The minimum Gasteiger partial charge on any atom is -0.274 e. The zero-order valence-electron chi connectivity index (χ0n) is 9.11. The van der Waals surface area contributed by atoms with Crippen molar-refractivity contribution in [3.63, 3.8) is 0 Å². The topological polar surface area (TPSA) is 46.2 Å². The predicted octanol–water partition coefficient (Wildman–Crippen LogP) is 1.87. The Bertz CT molecular complexity index is 368. The van der Waals surface area contributed by atoms with Crippen molar-refractivity contribution in [3.05, 3.63) is 30.3 Å². The normalized spacial score (nSPS) is 13.3. The van der Waals surface area contributed by atoms with Crippen LogP contribution in [0.5, 0.6) is 0 Å². The molecule has 1 aromatic carbocycles. The van der Waals surface area contributed by atoms with E-state index >= 15 is 0 Å². The van der Waals surface area contributed by atoms with Gasteiger partial charge in [0, 0.05) is 5.41 Å². The maximum Gasteiger partial charge on any atom is 0.237 e. The molecule has 1 unspecified atom stereocenters. The Morgan fingerprint density at radius 2 is 1.73 bits per heavy atom. The van der Waals surface area contributed by atoms with Crippen LogP contribution in [0.1, 0.15) is 20.8 Å². The lowest BCUT2D eigenvalue weighted by atomic mass is 9.96. The summed E-state index contributed by atoms with van der Waals surface area (Å²) >= 11 is 0. The van der Waals surface area contributed by atoms with Crippen LogP contribution >= 0.6 is 0 Å². The molecule has 1 rings (SSSR count). The zero-order chi connectivity index (χ0) is 11.5. The molecule has 15 heavy (non-hydrogen) atoms. The summed E-state index contributed by atoms with van der Waals surface area (Å²) in [5.41, 5.74) is -0.523. The first-order valence-corrected chi connectivity index (χ1v) is 5.84. The van der Waals surface area contributed by atoms with Crippen molar-refractivity contribution in [2.45, 2.75) is 25.7 Å². The summed E-state index contributed by atoms with van der Waals surface area (Å²) in [6.07, 6.45) is 0. The average molecular weight is 225 g/mol. The molecule has 0 heterocycles. The van der Waals surface area contributed by atoms with Crippen LogP contribution in [0.2, 0.25) is 0 Å². The molecule has 0 bridgehead atoms. The minimum atomic E-state index is -1.46. The number of carbonyl (C=O) groups is 1. The van der Waals surface area contributed by atoms with Crippen LogP contribution in [0.4, 0.5) is 0 Å². The molecule has 0 spiro atoms. The third-order valence-corrected chi connectivity index (χ3v) is 2.89. The summed E-state index contributed by atoms with van der Waals surface area (Å²) in [6.45, 7) is 5.35. The van der Waals surface area contributed by atoms with Crippen LogP contribution in [-0.2, 0) is 15.8 Å². The van der Waals surface area contributed by atoms with Crippen molar-refractivity contribution in [3.8, 4) is 0 Å². The number of hydrogen-bond acceptors (Lipinski definition) is 2. The molecule has 0 radical (unpaired) electrons. The number of amides is 1. The Balaban J connectivity index is 2.70. The summed E-state index contributed by atoms with van der Waals surface area (Å²) in [5, 5.41) is 0. The molecule has 0 saturated carbocycles. The van der Waals surface area contributed by atoms with Gasteiger partial charge in [0.05, 0.1) is 4.90 Å². The first kappa shape index (κ1) is 11.9. The molecule has 0 aromatic heterocycles. The van der Waals surface area contributed by atoms with Crippen molar-refractivity contribution in [1.82, 2.24) is 4.72 Å². The molecule has 1 N–H and O–H groups in total. The molecule has 0 aliphatic rings. The molecule has 0 saturated heterocycles. The Morgan fingerprint density at radius 3 is 2.20 bits per heavy atom. The SMILES string of the molecule is CC(C)(C)C(=O)NS(=O)c1ccccc1. The fraction of sp³-hybridized carbons (Fsp3) is 0.364. The Kier molecular flexibility index (Phi) is 3.63. The van der Waals surface area contributed by atoms with E-state index in [9.17, 15) is 9.00 Å². The van der Waals surface area contributed by atoms with Gasteiger partial charge in [0.25, 0.3) is 0 Å². The van der Waals surface area contributed by atoms with Crippen molar-refractivity contribution < 1.29 is 9.00 Å². The van der Waals surface area contributed by atoms with E-state index in [0.29, 0.717) is 4.90 Å². The van der Waals surface area contributed by atoms with E-state index in [2.05, 4.69) is 4.72 Å². The van der Waals surface area contributed by atoms with E-state index in [1.165, 1.54) is 0 Å². The van der Waals surface area contributed by atoms with E-state index in [1.807, 2.05) is 6.07 Å². The summed E-state index contributed by atoms with van der Waals surface area (Å²) in [4.78, 5) is 12.2. The van der Waals surface area contributed by atoms with E-state index in [-0.39, 0.29) is 5.91 Å². The van der Waals surface area contributed by atoms with Gasteiger partial charge in [-0.05, 0) is 12.1 Å². The van der Waals surface area contributed by atoms with E-state index in [0.717, 1.165) is 0 Å². The maximum absolute atomic E-state index is 11.7. The van der Waals surface area contributed by atoms with Crippen LogP contribution in [0.3, 0.4) is 0 Å². The second-order valence-corrected chi connectivity index (χ2v) is 5.48. The lowest BCUT2D eigenvalue weighted by Crippen LogP contribution is -2.35. The molecular formula is C11H15NO2S. The molecule has 1 aromatic rings. The summed E-state index contributed by atoms with van der Waals surface area (Å²) in [6, 6.07) is 8.86. The average Bonchev–Trinajstić information content (AvgIpc) is 2.17. The van der Waals surface area contributed by atoms with Gasteiger partial charge in [-0.2, -0.15) is 0 Å². The first-order chi connectivity index (χ1) is 6.91. The first-order valence-electron chi connectivity index (χ1n) is 4.69. The maximum atomic E-state index is 11.7. The monoisotopic (exact) mass is 225 g/mol. The van der Waals surface area contributed by atoms with Crippen molar-refractivity contribution in [2.75, 3.05) is 0 Å². The predicted molar refractivity (Wildman–Crippen MR) is 60.4 cm³/mol. The van der Waals surface area contributed by atoms with Gasteiger partial charge in [-0.1, -0.05) is 39.0 Å². The van der Waals surface area contributed by atoms with Gasteiger partial charge in [0.1, 0.15) is 0 Å². The summed E-state index contributed by atoms with van der Waals surface area (Å²) < 4.78 is 14.2. The van der Waals surface area contributed by atoms with Gasteiger partial charge in [0.15, 0.2) is 11.0 Å². The van der Waals surface area contributed by atoms with Gasteiger partial charge >= 0.3 is 0 Å². The molecule has 3 nitrogen and oxygen atoms in total. The van der Waals surface area contributed by atoms with Gasteiger partial charge < -0.3 is 0 Å². The lowest BCUT2D eigenvalue weighted by Gasteiger charge is -2.16. The number of hydrogen-bond donors (Lipinski definition) is 1. The summed E-state index contributed by atoms with van der Waals surface area (Å²) in [7, 11) is -1.46. The quantitative estimate of drug-likeness (QED) is 0.835. The molecule has 82 valence electrons. The van der Waals surface area contributed by atoms with Crippen molar-refractivity contribution in [1.29, 1.82) is 0 Å². The van der Waals surface area contributed by atoms with Crippen molar-refractivity contribution >= 4 is 16.9 Å². The minimum absolute atomic E-state index is 0.218. The third-order valence-electron chi connectivity index (χ3n) is 1.82. The third kappa shape index (κ3) is 3.47. The van der Waals surface area contributed by atoms with Gasteiger partial charge in [-0.25, -0.2) is 4.21 Å². The fourth-order valence-electron chi connectivity index (χ4n) is 0.840. The van der Waals surface area contributed by atoms with Crippen LogP contribution < -0.4 is 4.72 Å². The van der Waals surface area contributed by atoms with E-state index < -0.39 is 16.4 Å². The number of benzene rings is 1. The molecule has 0 aliphatic carbocycles. The Labute approximate surface area is 92.5 Å². The van der Waals surface area contributed by atoms with Crippen LogP contribution in [0.25, 0.3) is 0 Å².